The van der Waals surface area contributed by atoms with E-state index in [1.54, 1.807) is 0 Å². The number of aromatic carboxylic acids is 1. The number of aliphatic carboxylic acids is 1. The Morgan fingerprint density at radius 3 is 2.32 bits per heavy atom. The van der Waals surface area contributed by atoms with Gasteiger partial charge in [0, 0.05) is 28.9 Å². The lowest BCUT2D eigenvalue weighted by atomic mass is 9.61. The Morgan fingerprint density at radius 2 is 1.72 bits per heavy atom. The van der Waals surface area contributed by atoms with E-state index in [1.165, 1.54) is 55.6 Å². The van der Waals surface area contributed by atoms with Crippen molar-refractivity contribution in [3.05, 3.63) is 93.0 Å². The second kappa shape index (κ2) is 13.8. The number of nitrogens with one attached hydrogen (secondary N) is 3. The molecule has 5 N–H and O–H groups in total. The molecule has 250 valence electrons. The van der Waals surface area contributed by atoms with Gasteiger partial charge in [-0.1, -0.05) is 62.2 Å². The molecule has 0 bridgehead atoms. The third-order valence-electron chi connectivity index (χ3n) is 8.18. The third-order valence-corrected chi connectivity index (χ3v) is 8.71. The SMILES string of the molecule is COc1cc(C(=O)O)ccc1NC(=O)[C@@H]1N[C@@H](CC(C)(C)C)[C@](CNC(=O)C(=O)O)(c2ccc(Cl)cc2F)[C@H]1c1cccc(Cl)c1F. The lowest BCUT2D eigenvalue weighted by Gasteiger charge is -2.43. The fourth-order valence-corrected chi connectivity index (χ4v) is 6.61. The summed E-state index contributed by atoms with van der Waals surface area (Å²) >= 11 is 12.3. The maximum atomic E-state index is 16.2. The van der Waals surface area contributed by atoms with Crippen LogP contribution in [0.15, 0.2) is 54.6 Å². The zero-order valence-corrected chi connectivity index (χ0v) is 27.3. The van der Waals surface area contributed by atoms with Gasteiger partial charge in [0.05, 0.1) is 29.4 Å². The summed E-state index contributed by atoms with van der Waals surface area (Å²) in [7, 11) is 1.29. The molecule has 2 amide bonds. The molecule has 4 rings (SSSR count). The third kappa shape index (κ3) is 7.34. The van der Waals surface area contributed by atoms with Crippen LogP contribution < -0.4 is 20.7 Å². The van der Waals surface area contributed by atoms with Crippen LogP contribution in [0.5, 0.6) is 5.75 Å². The highest BCUT2D eigenvalue weighted by Gasteiger charge is 2.60. The predicted octanol–water partition coefficient (Wildman–Crippen LogP) is 5.62. The molecule has 3 aromatic rings. The largest absolute Gasteiger partial charge is 0.495 e. The van der Waals surface area contributed by atoms with Gasteiger partial charge in [0.25, 0.3) is 0 Å². The highest BCUT2D eigenvalue weighted by Crippen LogP contribution is 2.53. The van der Waals surface area contributed by atoms with Crippen LogP contribution in [-0.4, -0.2) is 59.7 Å². The topological polar surface area (TPSA) is 154 Å². The van der Waals surface area contributed by atoms with Gasteiger partial charge in [0.2, 0.25) is 5.91 Å². The zero-order valence-electron chi connectivity index (χ0n) is 25.8. The van der Waals surface area contributed by atoms with Gasteiger partial charge in [-0.05, 0) is 59.4 Å². The standard InChI is InChI=1S/C33H33Cl2F2N3O7/c1-32(2,3)14-24-33(15-38-29(42)31(45)46,19-10-9-17(34)13-21(19)36)25(18-6-5-7-20(35)26(18)37)27(40-24)28(41)39-22-11-8-16(30(43)44)12-23(22)47-4/h5-13,24-25,27,40H,14-15H2,1-4H3,(H,38,42)(H,39,41)(H,43,44)(H,45,46)/t24-,25-,27+,33-/m0/s1. The van der Waals surface area contributed by atoms with Crippen LogP contribution in [0.4, 0.5) is 14.5 Å². The molecule has 1 fully saturated rings. The first-order valence-electron chi connectivity index (χ1n) is 14.4. The van der Waals surface area contributed by atoms with Crippen molar-refractivity contribution < 1.29 is 42.9 Å². The first-order valence-corrected chi connectivity index (χ1v) is 15.1. The Bertz CT molecular complexity index is 1730. The normalized spacial score (nSPS) is 20.8. The Labute approximate surface area is 279 Å². The Balaban J connectivity index is 2.01. The molecule has 0 radical (unpaired) electrons. The number of carbonyl (C=O) groups is 4. The number of carboxylic acids is 2. The molecule has 0 spiro atoms. The maximum Gasteiger partial charge on any atom is 0.394 e. The fraction of sp³-hybridized carbons (Fsp3) is 0.333. The average Bonchev–Trinajstić information content (AvgIpc) is 3.29. The molecule has 1 aliphatic rings. The van der Waals surface area contributed by atoms with E-state index >= 15 is 8.78 Å². The van der Waals surface area contributed by atoms with E-state index in [-0.39, 0.29) is 44.6 Å². The molecule has 14 heteroatoms. The molecule has 0 aromatic heterocycles. The smallest absolute Gasteiger partial charge is 0.394 e. The van der Waals surface area contributed by atoms with Gasteiger partial charge in [0.15, 0.2) is 0 Å². The summed E-state index contributed by atoms with van der Waals surface area (Å²) in [6, 6.07) is 9.52. The summed E-state index contributed by atoms with van der Waals surface area (Å²) in [4.78, 5) is 49.9. The van der Waals surface area contributed by atoms with E-state index < -0.39 is 70.8 Å². The number of carboxylic acid groups (broad SMARTS) is 2. The first kappa shape index (κ1) is 35.6. The molecule has 0 unspecified atom stereocenters. The summed E-state index contributed by atoms with van der Waals surface area (Å²) in [6.07, 6.45) is 0.233. The minimum Gasteiger partial charge on any atom is -0.495 e. The fourth-order valence-electron chi connectivity index (χ4n) is 6.26. The minimum atomic E-state index is -1.80. The molecule has 47 heavy (non-hydrogen) atoms. The van der Waals surface area contributed by atoms with E-state index in [0.29, 0.717) is 0 Å². The molecule has 0 saturated carbocycles. The molecule has 1 heterocycles. The van der Waals surface area contributed by atoms with Gasteiger partial charge in [-0.25, -0.2) is 18.4 Å². The summed E-state index contributed by atoms with van der Waals surface area (Å²) in [5.41, 5.74) is -2.38. The van der Waals surface area contributed by atoms with E-state index in [0.717, 1.165) is 6.07 Å². The van der Waals surface area contributed by atoms with Crippen molar-refractivity contribution in [3.63, 3.8) is 0 Å². The summed E-state index contributed by atoms with van der Waals surface area (Å²) in [5.74, 6) is -8.18. The molecule has 1 aliphatic heterocycles. The van der Waals surface area contributed by atoms with E-state index in [1.807, 2.05) is 20.8 Å². The number of hydrogen-bond acceptors (Lipinski definition) is 6. The second-order valence-electron chi connectivity index (χ2n) is 12.4. The molecular formula is C33H33Cl2F2N3O7. The highest BCUT2D eigenvalue weighted by atomic mass is 35.5. The lowest BCUT2D eigenvalue weighted by molar-refractivity contribution is -0.150. The monoisotopic (exact) mass is 691 g/mol. The first-order chi connectivity index (χ1) is 22.0. The Kier molecular flexibility index (Phi) is 10.5. The van der Waals surface area contributed by atoms with Crippen molar-refractivity contribution in [2.24, 2.45) is 5.41 Å². The second-order valence-corrected chi connectivity index (χ2v) is 13.3. The van der Waals surface area contributed by atoms with Crippen LogP contribution in [0, 0.1) is 17.0 Å². The number of carbonyl (C=O) groups excluding carboxylic acids is 2. The number of hydrogen-bond donors (Lipinski definition) is 5. The number of methoxy groups -OCH3 is 1. The van der Waals surface area contributed by atoms with Crippen LogP contribution in [0.2, 0.25) is 10.0 Å². The van der Waals surface area contributed by atoms with Crippen molar-refractivity contribution in [2.75, 3.05) is 19.0 Å². The van der Waals surface area contributed by atoms with Gasteiger partial charge >= 0.3 is 17.8 Å². The molecule has 3 aromatic carbocycles. The Hall–Kier alpha value is -4.26. The molecule has 0 aliphatic carbocycles. The summed E-state index contributed by atoms with van der Waals surface area (Å²) in [6.45, 7) is 5.14. The van der Waals surface area contributed by atoms with E-state index in [9.17, 15) is 29.4 Å². The summed E-state index contributed by atoms with van der Waals surface area (Å²) < 4.78 is 37.6. The molecule has 1 saturated heterocycles. The van der Waals surface area contributed by atoms with Crippen LogP contribution in [0.3, 0.4) is 0 Å². The lowest BCUT2D eigenvalue weighted by Crippen LogP contribution is -2.53. The number of benzene rings is 3. The van der Waals surface area contributed by atoms with Crippen molar-refractivity contribution >= 4 is 52.6 Å². The number of anilines is 1. The molecule has 10 nitrogen and oxygen atoms in total. The van der Waals surface area contributed by atoms with Crippen molar-refractivity contribution in [3.8, 4) is 5.75 Å². The van der Waals surface area contributed by atoms with Gasteiger partial charge in [0.1, 0.15) is 17.4 Å². The highest BCUT2D eigenvalue weighted by molar-refractivity contribution is 6.31. The van der Waals surface area contributed by atoms with Gasteiger partial charge in [-0.2, -0.15) is 0 Å². The van der Waals surface area contributed by atoms with Crippen LogP contribution in [-0.2, 0) is 19.8 Å². The molecular weight excluding hydrogens is 659 g/mol. The average molecular weight is 693 g/mol. The quantitative estimate of drug-likeness (QED) is 0.181. The van der Waals surface area contributed by atoms with Gasteiger partial charge < -0.3 is 30.9 Å². The van der Waals surface area contributed by atoms with Gasteiger partial charge in [-0.15, -0.1) is 0 Å². The number of halogens is 4. The number of rotatable bonds is 9. The van der Waals surface area contributed by atoms with Crippen LogP contribution in [0.1, 0.15) is 54.6 Å². The Morgan fingerprint density at radius 1 is 1.02 bits per heavy atom. The number of amides is 2. The maximum absolute atomic E-state index is 16.2. The van der Waals surface area contributed by atoms with Crippen LogP contribution >= 0.6 is 23.2 Å². The number of ether oxygens (including phenoxy) is 1. The van der Waals surface area contributed by atoms with E-state index in [4.69, 9.17) is 27.9 Å². The minimum absolute atomic E-state index is 0.0247. The van der Waals surface area contributed by atoms with Crippen LogP contribution in [0.25, 0.3) is 0 Å². The van der Waals surface area contributed by atoms with Crippen molar-refractivity contribution in [2.45, 2.75) is 50.6 Å². The predicted molar refractivity (Wildman–Crippen MR) is 171 cm³/mol. The van der Waals surface area contributed by atoms with E-state index in [2.05, 4.69) is 16.0 Å². The van der Waals surface area contributed by atoms with Crippen molar-refractivity contribution in [1.82, 2.24) is 10.6 Å². The molecule has 4 atom stereocenters. The van der Waals surface area contributed by atoms with Crippen molar-refractivity contribution in [1.29, 1.82) is 0 Å². The van der Waals surface area contributed by atoms with Gasteiger partial charge in [-0.3, -0.25) is 9.59 Å². The zero-order chi connectivity index (χ0) is 34.8. The summed E-state index contributed by atoms with van der Waals surface area (Å²) in [5, 5.41) is 26.9.